The summed E-state index contributed by atoms with van der Waals surface area (Å²) in [5.74, 6) is -0.561. The summed E-state index contributed by atoms with van der Waals surface area (Å²) in [6.07, 6.45) is 113. The van der Waals surface area contributed by atoms with E-state index in [-0.39, 0.29) is 25.2 Å². The second-order valence-corrected chi connectivity index (χ2v) is 28.2. The Balaban J connectivity index is 3.36. The molecule has 0 saturated carbocycles. The van der Waals surface area contributed by atoms with E-state index in [1.165, 1.54) is 366 Å². The Morgan fingerprint density at radius 1 is 0.264 bits per heavy atom. The third kappa shape index (κ3) is 80.0. The second kappa shape index (κ2) is 81.8. The molecular weight excluding hydrogens is 1110 g/mol. The first kappa shape index (κ1) is 88.6. The standard InChI is InChI=1S/C86H160O5/c1-3-5-7-9-11-13-15-17-19-21-23-25-27-29-31-33-35-37-39-41-42-43-44-45-47-49-51-53-55-57-59-61-63-65-67-69-71-73-75-77-79-81-86(89)91-84(82-87)83-90-85(88)80-78-76-74-72-70-68-66-64-62-60-58-56-54-52-50-48-46-40-38-36-34-32-30-28-26-24-22-20-18-16-14-12-10-8-6-4-2/h5,7,11,13,17,19,23,25,29,31,84,87H,3-4,6,8-10,12,14-16,18,20-22,24,26-28,30,32-83H2,1-2H3/b7-5-,13-11-,19-17-,25-23-,31-29-. The van der Waals surface area contributed by atoms with E-state index in [1.54, 1.807) is 0 Å². The molecule has 0 aliphatic carbocycles. The Bertz CT molecular complexity index is 1540. The molecule has 0 heterocycles. The van der Waals surface area contributed by atoms with E-state index in [0.717, 1.165) is 64.2 Å². The van der Waals surface area contributed by atoms with Crippen LogP contribution < -0.4 is 0 Å². The van der Waals surface area contributed by atoms with Crippen LogP contribution in [0.2, 0.25) is 0 Å². The molecule has 534 valence electrons. The minimum absolute atomic E-state index is 0.0585. The molecule has 0 fully saturated rings. The molecule has 0 bridgehead atoms. The molecule has 1 N–H and O–H groups in total. The van der Waals surface area contributed by atoms with Gasteiger partial charge in [-0.15, -0.1) is 0 Å². The topological polar surface area (TPSA) is 72.8 Å². The van der Waals surface area contributed by atoms with Crippen molar-refractivity contribution in [2.24, 2.45) is 0 Å². The van der Waals surface area contributed by atoms with Crippen LogP contribution in [0.3, 0.4) is 0 Å². The van der Waals surface area contributed by atoms with Crippen LogP contribution in [0.1, 0.15) is 457 Å². The third-order valence-corrected chi connectivity index (χ3v) is 19.1. The van der Waals surface area contributed by atoms with Gasteiger partial charge in [0.15, 0.2) is 6.10 Å². The summed E-state index contributed by atoms with van der Waals surface area (Å²) in [6, 6.07) is 0. The average molecular weight is 1270 g/mol. The number of ether oxygens (including phenoxy) is 2. The van der Waals surface area contributed by atoms with Crippen molar-refractivity contribution in [3.63, 3.8) is 0 Å². The molecular formula is C86H160O5. The first-order chi connectivity index (χ1) is 45.1. The predicted molar refractivity (Wildman–Crippen MR) is 404 cm³/mol. The van der Waals surface area contributed by atoms with E-state index in [9.17, 15) is 14.7 Å². The first-order valence-corrected chi connectivity index (χ1v) is 41.3. The number of hydrogen-bond acceptors (Lipinski definition) is 5. The minimum atomic E-state index is -0.771. The Labute approximate surface area is 570 Å². The maximum atomic E-state index is 12.4. The first-order valence-electron chi connectivity index (χ1n) is 41.3. The summed E-state index contributed by atoms with van der Waals surface area (Å²) in [4.78, 5) is 24.7. The van der Waals surface area contributed by atoms with Gasteiger partial charge >= 0.3 is 11.9 Å². The van der Waals surface area contributed by atoms with Crippen LogP contribution in [0.15, 0.2) is 60.8 Å². The summed E-state index contributed by atoms with van der Waals surface area (Å²) in [5, 5.41) is 9.74. The third-order valence-electron chi connectivity index (χ3n) is 19.1. The zero-order chi connectivity index (χ0) is 65.4. The van der Waals surface area contributed by atoms with E-state index in [1.807, 2.05) is 0 Å². The predicted octanol–water partition coefficient (Wildman–Crippen LogP) is 29.2. The van der Waals surface area contributed by atoms with Gasteiger partial charge in [0.2, 0.25) is 0 Å². The van der Waals surface area contributed by atoms with Crippen LogP contribution in [0.5, 0.6) is 0 Å². The van der Waals surface area contributed by atoms with Crippen LogP contribution in [0, 0.1) is 0 Å². The number of rotatable bonds is 78. The van der Waals surface area contributed by atoms with Crippen molar-refractivity contribution in [2.45, 2.75) is 463 Å². The number of hydrogen-bond donors (Lipinski definition) is 1. The lowest BCUT2D eigenvalue weighted by Gasteiger charge is -2.15. The SMILES string of the molecule is CC/C=C\C/C=C\C/C=C\C/C=C\C/C=C\CCCCCCCCCCCCCCCCCCCCCCCCCCCC(=O)OC(CO)COC(=O)CCCCCCCCCCCCCCCCCCCCCCCCCCCCCCCCCCCCCC. The lowest BCUT2D eigenvalue weighted by Crippen LogP contribution is -2.28. The van der Waals surface area contributed by atoms with Crippen molar-refractivity contribution >= 4 is 11.9 Å². The number of aliphatic hydroxyl groups excluding tert-OH is 1. The van der Waals surface area contributed by atoms with Crippen molar-refractivity contribution in [3.05, 3.63) is 60.8 Å². The van der Waals surface area contributed by atoms with Gasteiger partial charge in [-0.25, -0.2) is 0 Å². The van der Waals surface area contributed by atoms with Gasteiger partial charge in [-0.3, -0.25) is 9.59 Å². The van der Waals surface area contributed by atoms with Crippen molar-refractivity contribution in [3.8, 4) is 0 Å². The highest BCUT2D eigenvalue weighted by Crippen LogP contribution is 2.21. The van der Waals surface area contributed by atoms with Gasteiger partial charge in [-0.2, -0.15) is 0 Å². The molecule has 0 aromatic rings. The maximum Gasteiger partial charge on any atom is 0.306 e. The van der Waals surface area contributed by atoms with Crippen LogP contribution in [0.25, 0.3) is 0 Å². The van der Waals surface area contributed by atoms with Gasteiger partial charge in [0.25, 0.3) is 0 Å². The summed E-state index contributed by atoms with van der Waals surface area (Å²) in [6.45, 7) is 4.10. The number of esters is 2. The zero-order valence-corrected chi connectivity index (χ0v) is 61.6. The van der Waals surface area contributed by atoms with Crippen LogP contribution in [-0.2, 0) is 19.1 Å². The fourth-order valence-corrected chi connectivity index (χ4v) is 12.9. The lowest BCUT2D eigenvalue weighted by atomic mass is 10.0. The summed E-state index contributed by atoms with van der Waals surface area (Å²) >= 11 is 0. The van der Waals surface area contributed by atoms with Crippen LogP contribution >= 0.6 is 0 Å². The fraction of sp³-hybridized carbons (Fsp3) is 0.860. The molecule has 0 saturated heterocycles. The molecule has 1 atom stereocenters. The molecule has 0 spiro atoms. The largest absolute Gasteiger partial charge is 0.462 e. The van der Waals surface area contributed by atoms with E-state index >= 15 is 0 Å². The number of carbonyl (C=O) groups excluding carboxylic acids is 2. The number of carbonyl (C=O) groups is 2. The monoisotopic (exact) mass is 1270 g/mol. The molecule has 0 aliphatic heterocycles. The van der Waals surface area contributed by atoms with Gasteiger partial charge in [0.1, 0.15) is 6.61 Å². The molecule has 0 aromatic heterocycles. The van der Waals surface area contributed by atoms with Gasteiger partial charge in [0, 0.05) is 12.8 Å². The fourth-order valence-electron chi connectivity index (χ4n) is 12.9. The Kier molecular flexibility index (Phi) is 79.7. The van der Waals surface area contributed by atoms with Crippen LogP contribution in [-0.4, -0.2) is 36.4 Å². The Morgan fingerprint density at radius 3 is 0.714 bits per heavy atom. The normalized spacial score (nSPS) is 12.4. The van der Waals surface area contributed by atoms with E-state index in [0.29, 0.717) is 12.8 Å². The Morgan fingerprint density at radius 2 is 0.473 bits per heavy atom. The molecule has 5 heteroatoms. The van der Waals surface area contributed by atoms with Gasteiger partial charge in [-0.05, 0) is 57.8 Å². The van der Waals surface area contributed by atoms with Gasteiger partial charge < -0.3 is 14.6 Å². The van der Waals surface area contributed by atoms with Crippen molar-refractivity contribution in [1.82, 2.24) is 0 Å². The molecule has 91 heavy (non-hydrogen) atoms. The highest BCUT2D eigenvalue weighted by Gasteiger charge is 2.16. The van der Waals surface area contributed by atoms with Crippen molar-refractivity contribution in [2.75, 3.05) is 13.2 Å². The highest BCUT2D eigenvalue weighted by atomic mass is 16.6. The van der Waals surface area contributed by atoms with Gasteiger partial charge in [-0.1, -0.05) is 447 Å². The number of unbranched alkanes of at least 4 members (excludes halogenated alkanes) is 60. The van der Waals surface area contributed by atoms with Crippen LogP contribution in [0.4, 0.5) is 0 Å². The molecule has 0 amide bonds. The number of allylic oxidation sites excluding steroid dienone is 10. The molecule has 0 rings (SSSR count). The van der Waals surface area contributed by atoms with E-state index < -0.39 is 6.10 Å². The Hall–Kier alpha value is -2.40. The molecule has 1 unspecified atom stereocenters. The van der Waals surface area contributed by atoms with E-state index in [2.05, 4.69) is 74.6 Å². The molecule has 0 aromatic carbocycles. The molecule has 0 aliphatic rings. The lowest BCUT2D eigenvalue weighted by molar-refractivity contribution is -0.161. The highest BCUT2D eigenvalue weighted by molar-refractivity contribution is 5.70. The molecule has 5 nitrogen and oxygen atoms in total. The summed E-state index contributed by atoms with van der Waals surface area (Å²) in [7, 11) is 0. The minimum Gasteiger partial charge on any atom is -0.462 e. The number of aliphatic hydroxyl groups is 1. The quantitative estimate of drug-likeness (QED) is 0.0373. The smallest absolute Gasteiger partial charge is 0.306 e. The average Bonchev–Trinajstić information content (AvgIpc) is 3.68. The van der Waals surface area contributed by atoms with Crippen molar-refractivity contribution in [1.29, 1.82) is 0 Å². The summed E-state index contributed by atoms with van der Waals surface area (Å²) < 4.78 is 10.8. The second-order valence-electron chi connectivity index (χ2n) is 28.2. The van der Waals surface area contributed by atoms with Crippen molar-refractivity contribution < 1.29 is 24.2 Å². The van der Waals surface area contributed by atoms with E-state index in [4.69, 9.17) is 9.47 Å². The molecule has 0 radical (unpaired) electrons. The maximum absolute atomic E-state index is 12.4. The summed E-state index contributed by atoms with van der Waals surface area (Å²) in [5.41, 5.74) is 0. The van der Waals surface area contributed by atoms with Gasteiger partial charge in [0.05, 0.1) is 6.61 Å². The zero-order valence-electron chi connectivity index (χ0n) is 61.6.